The highest BCUT2D eigenvalue weighted by molar-refractivity contribution is 5.89. The van der Waals surface area contributed by atoms with Crippen molar-refractivity contribution in [1.29, 1.82) is 0 Å². The fourth-order valence-corrected chi connectivity index (χ4v) is 2.92. The molecule has 144 valence electrons. The van der Waals surface area contributed by atoms with Crippen LogP contribution in [0.1, 0.15) is 5.56 Å². The molecule has 27 heavy (non-hydrogen) atoms. The molecule has 2 aromatic rings. The number of aromatic nitrogens is 1. The maximum absolute atomic E-state index is 12.4. The molecule has 0 atom stereocenters. The lowest BCUT2D eigenvalue weighted by Gasteiger charge is -2.34. The van der Waals surface area contributed by atoms with Crippen molar-refractivity contribution in [3.63, 3.8) is 0 Å². The number of nitrogens with one attached hydrogen (secondary N) is 1. The average Bonchev–Trinajstić information content (AvgIpc) is 2.71. The largest absolute Gasteiger partial charge is 0.475 e. The van der Waals surface area contributed by atoms with Crippen LogP contribution in [0.3, 0.4) is 0 Å². The zero-order valence-electron chi connectivity index (χ0n) is 15.6. The Balaban J connectivity index is 1.42. The third-order valence-electron chi connectivity index (χ3n) is 4.43. The van der Waals surface area contributed by atoms with Crippen molar-refractivity contribution >= 4 is 11.7 Å². The number of anilines is 1. The van der Waals surface area contributed by atoms with Gasteiger partial charge in [-0.1, -0.05) is 30.3 Å². The molecular formula is C20H26N4O3. The molecule has 3 rings (SSSR count). The Bertz CT molecular complexity index is 701. The molecule has 0 bridgehead atoms. The maximum atomic E-state index is 12.4. The van der Waals surface area contributed by atoms with Crippen LogP contribution in [0.2, 0.25) is 0 Å². The number of piperazine rings is 1. The van der Waals surface area contributed by atoms with Gasteiger partial charge in [0.15, 0.2) is 0 Å². The van der Waals surface area contributed by atoms with Crippen LogP contribution in [0.4, 0.5) is 10.5 Å². The van der Waals surface area contributed by atoms with E-state index in [0.717, 1.165) is 19.6 Å². The molecule has 0 spiro atoms. The van der Waals surface area contributed by atoms with Gasteiger partial charge in [-0.2, -0.15) is 0 Å². The molecule has 0 saturated carbocycles. The summed E-state index contributed by atoms with van der Waals surface area (Å²) in [4.78, 5) is 20.8. The van der Waals surface area contributed by atoms with E-state index in [9.17, 15) is 4.79 Å². The number of carbonyl (C=O) groups excluding carboxylic acids is 1. The van der Waals surface area contributed by atoms with Gasteiger partial charge in [0.2, 0.25) is 5.88 Å². The summed E-state index contributed by atoms with van der Waals surface area (Å²) in [6.07, 6.45) is 1.60. The van der Waals surface area contributed by atoms with Crippen LogP contribution in [0.15, 0.2) is 48.7 Å². The number of urea groups is 1. The molecule has 1 saturated heterocycles. The van der Waals surface area contributed by atoms with E-state index in [1.165, 1.54) is 5.56 Å². The number of methoxy groups -OCH3 is 1. The molecule has 1 N–H and O–H groups in total. The quantitative estimate of drug-likeness (QED) is 0.759. The van der Waals surface area contributed by atoms with E-state index in [2.05, 4.69) is 39.5 Å². The number of hydrogen-bond acceptors (Lipinski definition) is 5. The highest BCUT2D eigenvalue weighted by Gasteiger charge is 2.21. The Labute approximate surface area is 159 Å². The summed E-state index contributed by atoms with van der Waals surface area (Å²) in [6, 6.07) is 13.8. The first kappa shape index (κ1) is 19.1. The Kier molecular flexibility index (Phi) is 7.01. The molecule has 7 heteroatoms. The van der Waals surface area contributed by atoms with Crippen LogP contribution in [0.5, 0.6) is 5.88 Å². The second-order valence-electron chi connectivity index (χ2n) is 6.41. The Morgan fingerprint density at radius 2 is 1.85 bits per heavy atom. The van der Waals surface area contributed by atoms with E-state index < -0.39 is 0 Å². The number of amides is 2. The van der Waals surface area contributed by atoms with E-state index in [-0.39, 0.29) is 6.03 Å². The van der Waals surface area contributed by atoms with Gasteiger partial charge in [-0.15, -0.1) is 0 Å². The summed E-state index contributed by atoms with van der Waals surface area (Å²) in [6.45, 7) is 5.04. The van der Waals surface area contributed by atoms with Gasteiger partial charge in [0.25, 0.3) is 0 Å². The predicted molar refractivity (Wildman–Crippen MR) is 104 cm³/mol. The summed E-state index contributed by atoms with van der Waals surface area (Å²) in [5, 5.41) is 2.90. The fraction of sp³-hybridized carbons (Fsp3) is 0.400. The monoisotopic (exact) mass is 370 g/mol. The van der Waals surface area contributed by atoms with Gasteiger partial charge in [-0.25, -0.2) is 9.78 Å². The van der Waals surface area contributed by atoms with Gasteiger partial charge in [0.1, 0.15) is 6.61 Å². The van der Waals surface area contributed by atoms with Crippen molar-refractivity contribution in [2.24, 2.45) is 0 Å². The molecule has 1 aliphatic rings. The van der Waals surface area contributed by atoms with E-state index in [4.69, 9.17) is 9.47 Å². The molecular weight excluding hydrogens is 344 g/mol. The lowest BCUT2D eigenvalue weighted by Crippen LogP contribution is -2.49. The van der Waals surface area contributed by atoms with Gasteiger partial charge in [-0.05, 0) is 11.6 Å². The molecule has 0 unspecified atom stereocenters. The molecule has 2 amide bonds. The minimum Gasteiger partial charge on any atom is -0.475 e. The van der Waals surface area contributed by atoms with Crippen molar-refractivity contribution in [3.05, 3.63) is 54.2 Å². The van der Waals surface area contributed by atoms with Crippen molar-refractivity contribution in [2.75, 3.05) is 51.8 Å². The molecule has 2 heterocycles. The minimum absolute atomic E-state index is 0.0933. The Morgan fingerprint density at radius 1 is 1.07 bits per heavy atom. The summed E-state index contributed by atoms with van der Waals surface area (Å²) >= 11 is 0. The Hall–Kier alpha value is -2.64. The average molecular weight is 370 g/mol. The minimum atomic E-state index is -0.0933. The standard InChI is InChI=1S/C20H26N4O3/c1-26-13-14-27-19-8-7-18(15-21-19)22-20(25)24-11-9-23(10-12-24)16-17-5-3-2-4-6-17/h2-8,15H,9-14,16H2,1H3,(H,22,25). The van der Waals surface area contributed by atoms with Crippen LogP contribution in [0.25, 0.3) is 0 Å². The van der Waals surface area contributed by atoms with E-state index in [1.807, 2.05) is 11.0 Å². The number of hydrogen-bond donors (Lipinski definition) is 1. The molecule has 0 aliphatic carbocycles. The van der Waals surface area contributed by atoms with Gasteiger partial charge < -0.3 is 19.7 Å². The summed E-state index contributed by atoms with van der Waals surface area (Å²) < 4.78 is 10.3. The third kappa shape index (κ3) is 5.94. The van der Waals surface area contributed by atoms with Crippen molar-refractivity contribution in [1.82, 2.24) is 14.8 Å². The van der Waals surface area contributed by atoms with Gasteiger partial charge >= 0.3 is 6.03 Å². The van der Waals surface area contributed by atoms with E-state index in [1.54, 1.807) is 25.4 Å². The highest BCUT2D eigenvalue weighted by Crippen LogP contribution is 2.14. The molecule has 0 radical (unpaired) electrons. The normalized spacial score (nSPS) is 14.8. The van der Waals surface area contributed by atoms with E-state index in [0.29, 0.717) is 37.9 Å². The van der Waals surface area contributed by atoms with Gasteiger partial charge in [0, 0.05) is 45.9 Å². The van der Waals surface area contributed by atoms with Crippen molar-refractivity contribution in [3.8, 4) is 5.88 Å². The number of pyridine rings is 1. The number of benzene rings is 1. The maximum Gasteiger partial charge on any atom is 0.321 e. The molecule has 1 aliphatic heterocycles. The Morgan fingerprint density at radius 3 is 2.52 bits per heavy atom. The third-order valence-corrected chi connectivity index (χ3v) is 4.43. The van der Waals surface area contributed by atoms with Crippen LogP contribution in [-0.4, -0.2) is 67.3 Å². The summed E-state index contributed by atoms with van der Waals surface area (Å²) in [5.74, 6) is 0.513. The van der Waals surface area contributed by atoms with Crippen LogP contribution >= 0.6 is 0 Å². The highest BCUT2D eigenvalue weighted by atomic mass is 16.5. The SMILES string of the molecule is COCCOc1ccc(NC(=O)N2CCN(Cc3ccccc3)CC2)cn1. The van der Waals surface area contributed by atoms with Gasteiger partial charge in [-0.3, -0.25) is 4.90 Å². The summed E-state index contributed by atoms with van der Waals surface area (Å²) in [7, 11) is 1.62. The van der Waals surface area contributed by atoms with Gasteiger partial charge in [0.05, 0.1) is 18.5 Å². The number of carbonyl (C=O) groups is 1. The van der Waals surface area contributed by atoms with Crippen LogP contribution < -0.4 is 10.1 Å². The van der Waals surface area contributed by atoms with Crippen molar-refractivity contribution in [2.45, 2.75) is 6.54 Å². The molecule has 1 aromatic heterocycles. The first-order valence-corrected chi connectivity index (χ1v) is 9.14. The second-order valence-corrected chi connectivity index (χ2v) is 6.41. The lowest BCUT2D eigenvalue weighted by molar-refractivity contribution is 0.143. The molecule has 1 aromatic carbocycles. The second kappa shape index (κ2) is 9.89. The lowest BCUT2D eigenvalue weighted by atomic mass is 10.2. The topological polar surface area (TPSA) is 66.9 Å². The molecule has 7 nitrogen and oxygen atoms in total. The first-order chi connectivity index (χ1) is 13.2. The number of rotatable bonds is 7. The zero-order chi connectivity index (χ0) is 18.9. The zero-order valence-corrected chi connectivity index (χ0v) is 15.6. The number of ether oxygens (including phenoxy) is 2. The smallest absolute Gasteiger partial charge is 0.321 e. The molecule has 1 fully saturated rings. The van der Waals surface area contributed by atoms with E-state index >= 15 is 0 Å². The van der Waals surface area contributed by atoms with Crippen molar-refractivity contribution < 1.29 is 14.3 Å². The van der Waals surface area contributed by atoms with Crippen LogP contribution in [-0.2, 0) is 11.3 Å². The first-order valence-electron chi connectivity index (χ1n) is 9.14. The summed E-state index contributed by atoms with van der Waals surface area (Å²) in [5.41, 5.74) is 1.96. The fourth-order valence-electron chi connectivity index (χ4n) is 2.92. The predicted octanol–water partition coefficient (Wildman–Crippen LogP) is 2.46. The number of nitrogens with zero attached hydrogens (tertiary/aromatic N) is 3. The van der Waals surface area contributed by atoms with Crippen LogP contribution in [0, 0.1) is 0 Å².